The van der Waals surface area contributed by atoms with Gasteiger partial charge >= 0.3 is 0 Å². The van der Waals surface area contributed by atoms with Gasteiger partial charge in [0, 0.05) is 11.6 Å². The predicted octanol–water partition coefficient (Wildman–Crippen LogP) is 4.22. The van der Waals surface area contributed by atoms with Crippen LogP contribution in [0.3, 0.4) is 0 Å². The fourth-order valence-electron chi connectivity index (χ4n) is 3.05. The van der Waals surface area contributed by atoms with Crippen molar-refractivity contribution in [1.29, 1.82) is 0 Å². The number of sulfonamides is 1. The molecule has 0 aromatic heterocycles. The lowest BCUT2D eigenvalue weighted by Gasteiger charge is -2.20. The molecule has 3 aromatic carbocycles. The molecule has 0 fully saturated rings. The van der Waals surface area contributed by atoms with Crippen molar-refractivity contribution in [3.05, 3.63) is 90.5 Å². The van der Waals surface area contributed by atoms with Gasteiger partial charge in [0.05, 0.1) is 17.6 Å². The van der Waals surface area contributed by atoms with Crippen LogP contribution >= 0.6 is 0 Å². The number of aliphatic hydroxyl groups is 1. The van der Waals surface area contributed by atoms with Crippen LogP contribution in [-0.4, -0.2) is 26.2 Å². The minimum atomic E-state index is -3.67. The Balaban J connectivity index is 1.78. The number of ether oxygens (including phenoxy) is 1. The summed E-state index contributed by atoms with van der Waals surface area (Å²) in [5.74, 6) is 0.598. The van der Waals surface area contributed by atoms with Crippen molar-refractivity contribution in [2.45, 2.75) is 30.3 Å². The van der Waals surface area contributed by atoms with E-state index >= 15 is 0 Å². The van der Waals surface area contributed by atoms with Gasteiger partial charge < -0.3 is 9.84 Å². The molecule has 29 heavy (non-hydrogen) atoms. The zero-order valence-electron chi connectivity index (χ0n) is 16.2. The van der Waals surface area contributed by atoms with Gasteiger partial charge in [-0.3, -0.25) is 4.72 Å². The maximum Gasteiger partial charge on any atom is 0.261 e. The summed E-state index contributed by atoms with van der Waals surface area (Å²) >= 11 is 0. The lowest BCUT2D eigenvalue weighted by atomic mass is 9.94. The zero-order valence-corrected chi connectivity index (χ0v) is 17.0. The number of hydrogen-bond donors (Lipinski definition) is 2. The molecule has 0 heterocycles. The van der Waals surface area contributed by atoms with Gasteiger partial charge in [0.2, 0.25) is 0 Å². The van der Waals surface area contributed by atoms with Crippen molar-refractivity contribution in [3.63, 3.8) is 0 Å². The highest BCUT2D eigenvalue weighted by Gasteiger charge is 2.18. The molecule has 2 atom stereocenters. The predicted molar refractivity (Wildman–Crippen MR) is 114 cm³/mol. The molecule has 2 unspecified atom stereocenters. The molecular weight excluding hydrogens is 386 g/mol. The second-order valence-corrected chi connectivity index (χ2v) is 8.56. The Kier molecular flexibility index (Phi) is 6.90. The molecule has 3 rings (SSSR count). The molecule has 1 radical (unpaired) electrons. The first kappa shape index (κ1) is 20.9. The van der Waals surface area contributed by atoms with E-state index in [0.29, 0.717) is 24.5 Å². The van der Waals surface area contributed by atoms with Crippen LogP contribution in [0.1, 0.15) is 24.8 Å². The van der Waals surface area contributed by atoms with E-state index in [-0.39, 0.29) is 10.8 Å². The van der Waals surface area contributed by atoms with Gasteiger partial charge in [-0.25, -0.2) is 8.42 Å². The zero-order chi connectivity index (χ0) is 20.7. The molecule has 0 aliphatic carbocycles. The van der Waals surface area contributed by atoms with E-state index < -0.39 is 16.1 Å². The van der Waals surface area contributed by atoms with Crippen LogP contribution in [0, 0.1) is 6.07 Å². The summed E-state index contributed by atoms with van der Waals surface area (Å²) in [5.41, 5.74) is 1.36. The molecule has 0 aliphatic heterocycles. The highest BCUT2D eigenvalue weighted by Crippen LogP contribution is 2.26. The van der Waals surface area contributed by atoms with E-state index in [1.54, 1.807) is 67.6 Å². The normalized spacial score (nSPS) is 13.4. The first-order chi connectivity index (χ1) is 13.9. The summed E-state index contributed by atoms with van der Waals surface area (Å²) in [6, 6.07) is 25.6. The average molecular weight is 411 g/mol. The lowest BCUT2D eigenvalue weighted by molar-refractivity contribution is 0.158. The maximum absolute atomic E-state index is 12.6. The number of rotatable bonds is 9. The van der Waals surface area contributed by atoms with Crippen LogP contribution in [0.25, 0.3) is 0 Å². The first-order valence-corrected chi connectivity index (χ1v) is 10.9. The Morgan fingerprint density at radius 1 is 1.07 bits per heavy atom. The molecule has 0 saturated carbocycles. The van der Waals surface area contributed by atoms with E-state index in [1.165, 1.54) is 0 Å². The fraction of sp³-hybridized carbons (Fsp3) is 0.217. The van der Waals surface area contributed by atoms with Crippen LogP contribution in [0.5, 0.6) is 5.75 Å². The smallest absolute Gasteiger partial charge is 0.261 e. The summed E-state index contributed by atoms with van der Waals surface area (Å²) in [6.07, 6.45) is -0.0265. The number of nitrogens with one attached hydrogen (secondary N) is 1. The van der Waals surface area contributed by atoms with E-state index in [0.717, 1.165) is 5.56 Å². The van der Waals surface area contributed by atoms with Crippen LogP contribution in [-0.2, 0) is 10.0 Å². The highest BCUT2D eigenvalue weighted by molar-refractivity contribution is 7.92. The molecule has 0 bridgehead atoms. The highest BCUT2D eigenvalue weighted by atomic mass is 32.2. The first-order valence-electron chi connectivity index (χ1n) is 9.39. The number of aliphatic hydroxyl groups excluding tert-OH is 1. The number of benzene rings is 3. The van der Waals surface area contributed by atoms with E-state index in [1.807, 2.05) is 18.2 Å². The van der Waals surface area contributed by atoms with Gasteiger partial charge in [-0.05, 0) is 61.4 Å². The van der Waals surface area contributed by atoms with Gasteiger partial charge in [0.1, 0.15) is 5.75 Å². The van der Waals surface area contributed by atoms with Crippen molar-refractivity contribution in [2.75, 3.05) is 11.3 Å². The van der Waals surface area contributed by atoms with Crippen molar-refractivity contribution in [3.8, 4) is 5.75 Å². The van der Waals surface area contributed by atoms with Gasteiger partial charge in [-0.15, -0.1) is 0 Å². The second kappa shape index (κ2) is 9.58. The molecule has 5 nitrogen and oxygen atoms in total. The molecule has 2 N–H and O–H groups in total. The van der Waals surface area contributed by atoms with Crippen LogP contribution in [0.15, 0.2) is 83.8 Å². The van der Waals surface area contributed by atoms with Gasteiger partial charge in [0.25, 0.3) is 10.0 Å². The topological polar surface area (TPSA) is 75.6 Å². The second-order valence-electron chi connectivity index (χ2n) is 6.88. The van der Waals surface area contributed by atoms with Gasteiger partial charge in [-0.2, -0.15) is 0 Å². The molecule has 3 aromatic rings. The summed E-state index contributed by atoms with van der Waals surface area (Å²) in [5, 5.41) is 9.91. The van der Waals surface area contributed by atoms with E-state index in [4.69, 9.17) is 4.74 Å². The molecule has 0 saturated heterocycles. The summed E-state index contributed by atoms with van der Waals surface area (Å²) in [6.45, 7) is 2.09. The van der Waals surface area contributed by atoms with Crippen molar-refractivity contribution in [2.24, 2.45) is 0 Å². The Bertz CT molecular complexity index is 1010. The summed E-state index contributed by atoms with van der Waals surface area (Å²) in [7, 11) is -3.67. The molecule has 0 spiro atoms. The SMILES string of the molecule is CC(O)CC(COc1c[c]ccc1)c1cccc(NS(=O)(=O)c2ccccc2)c1. The maximum atomic E-state index is 12.6. The largest absolute Gasteiger partial charge is 0.493 e. The molecule has 151 valence electrons. The summed E-state index contributed by atoms with van der Waals surface area (Å²) < 4.78 is 33.7. The Morgan fingerprint density at radius 2 is 1.86 bits per heavy atom. The van der Waals surface area contributed by atoms with Crippen LogP contribution < -0.4 is 9.46 Å². The monoisotopic (exact) mass is 410 g/mol. The average Bonchev–Trinajstić information content (AvgIpc) is 2.72. The van der Waals surface area contributed by atoms with Gasteiger partial charge in [-0.1, -0.05) is 42.5 Å². The minimum Gasteiger partial charge on any atom is -0.493 e. The van der Waals surface area contributed by atoms with Crippen LogP contribution in [0.2, 0.25) is 0 Å². The fourth-order valence-corrected chi connectivity index (χ4v) is 4.12. The van der Waals surface area contributed by atoms with Crippen molar-refractivity contribution >= 4 is 15.7 Å². The lowest BCUT2D eigenvalue weighted by Crippen LogP contribution is -2.17. The molecule has 0 aliphatic rings. The van der Waals surface area contributed by atoms with Crippen molar-refractivity contribution < 1.29 is 18.3 Å². The molecule has 0 amide bonds. The van der Waals surface area contributed by atoms with Crippen molar-refractivity contribution in [1.82, 2.24) is 0 Å². The molecular formula is C23H24NO4S. The minimum absolute atomic E-state index is 0.101. The number of hydrogen-bond acceptors (Lipinski definition) is 4. The third kappa shape index (κ3) is 6.07. The molecule has 6 heteroatoms. The third-order valence-electron chi connectivity index (χ3n) is 4.42. The summed E-state index contributed by atoms with van der Waals surface area (Å²) in [4.78, 5) is 0.203. The van der Waals surface area contributed by atoms with E-state index in [2.05, 4.69) is 10.8 Å². The Morgan fingerprint density at radius 3 is 2.55 bits per heavy atom. The number of anilines is 1. The van der Waals surface area contributed by atoms with E-state index in [9.17, 15) is 13.5 Å². The standard InChI is InChI=1S/C23H24NO4S/c1-18(25)15-20(17-28-22-11-4-2-5-12-22)19-9-8-10-21(16-19)24-29(26,27)23-13-6-3-7-14-23/h2-4,6-14,16,18,20,24-25H,15,17H2,1H3. The van der Waals surface area contributed by atoms with Gasteiger partial charge in [0.15, 0.2) is 0 Å². The third-order valence-corrected chi connectivity index (χ3v) is 5.82. The Labute approximate surface area is 172 Å². The quantitative estimate of drug-likeness (QED) is 0.554. The van der Waals surface area contributed by atoms with Crippen LogP contribution in [0.4, 0.5) is 5.69 Å². The Hall–Kier alpha value is -2.83.